The van der Waals surface area contributed by atoms with Crippen LogP contribution < -0.4 is 5.32 Å². The fraction of sp³-hybridized carbons (Fsp3) is 0.623. The standard InChI is InChI=1S/C69H115N2O7P/c1-7-10-13-16-19-22-25-28-30-32-34-35-37-38-40-43-46-49-52-55-58-61-68(72)70-66(65-77-79(74,75)76-64-63-71(4,5)6)67(60-57-54-51-48-45-42-27-24-21-18-15-12-9-3)78-69(73)62-59-56-53-50-47-44-41-39-36-33-31-29-26-23-20-17-14-11-8-2/h10-11,13-14,19-20,22-23,28-31,34-36,38-40,44,46-47,49,57,60,66-67H,7-9,12,15-18,21,24-27,32-33,37,41-43,45,48,50-56,58-59,61-65H2,1-6H3,(H-,70,72,74,75)/p+1/b13-10-,14-11-,22-19-,23-20-,30-28-,31-29-,35-34-,39-36-,40-38-,47-44-,49-46-,60-57+. The highest BCUT2D eigenvalue weighted by Crippen LogP contribution is 2.43. The average molecular weight is 1120 g/mol. The van der Waals surface area contributed by atoms with Crippen LogP contribution in [-0.4, -0.2) is 74.3 Å². The summed E-state index contributed by atoms with van der Waals surface area (Å²) in [6.07, 6.45) is 82.8. The monoisotopic (exact) mass is 1120 g/mol. The number of allylic oxidation sites excluding steroid dienone is 23. The molecule has 9 nitrogen and oxygen atoms in total. The zero-order valence-corrected chi connectivity index (χ0v) is 51.9. The molecule has 0 spiro atoms. The number of nitrogens with zero attached hydrogens (tertiary/aromatic N) is 1. The number of carbonyl (C=O) groups excluding carboxylic acids is 2. The zero-order valence-electron chi connectivity index (χ0n) is 51.1. The summed E-state index contributed by atoms with van der Waals surface area (Å²) >= 11 is 0. The highest BCUT2D eigenvalue weighted by Gasteiger charge is 2.30. The molecule has 0 aromatic carbocycles. The number of carbonyl (C=O) groups is 2. The van der Waals surface area contributed by atoms with Gasteiger partial charge in [-0.15, -0.1) is 0 Å². The molecule has 2 N–H and O–H groups in total. The number of hydrogen-bond donors (Lipinski definition) is 2. The van der Waals surface area contributed by atoms with Crippen LogP contribution in [0, 0.1) is 0 Å². The summed E-state index contributed by atoms with van der Waals surface area (Å²) in [7, 11) is 1.42. The van der Waals surface area contributed by atoms with Crippen LogP contribution in [0.25, 0.3) is 0 Å². The van der Waals surface area contributed by atoms with Crippen LogP contribution >= 0.6 is 7.82 Å². The molecule has 0 rings (SSSR count). The Morgan fingerprint density at radius 1 is 0.456 bits per heavy atom. The first kappa shape index (κ1) is 74.9. The van der Waals surface area contributed by atoms with E-state index < -0.39 is 20.0 Å². The molecule has 3 atom stereocenters. The molecule has 1 amide bonds. The van der Waals surface area contributed by atoms with Gasteiger partial charge in [-0.3, -0.25) is 18.6 Å². The van der Waals surface area contributed by atoms with Gasteiger partial charge >= 0.3 is 13.8 Å². The quantitative estimate of drug-likeness (QED) is 0.0205. The van der Waals surface area contributed by atoms with Crippen LogP contribution in [0.1, 0.15) is 226 Å². The predicted molar refractivity (Wildman–Crippen MR) is 341 cm³/mol. The van der Waals surface area contributed by atoms with Gasteiger partial charge in [-0.25, -0.2) is 4.57 Å². The van der Waals surface area contributed by atoms with Gasteiger partial charge in [-0.1, -0.05) is 231 Å². The third-order valence-corrected chi connectivity index (χ3v) is 13.8. The Hall–Kier alpha value is -4.11. The van der Waals surface area contributed by atoms with Gasteiger partial charge in [-0.05, 0) is 128 Å². The van der Waals surface area contributed by atoms with E-state index in [2.05, 4.69) is 160 Å². The summed E-state index contributed by atoms with van der Waals surface area (Å²) < 4.78 is 30.7. The number of hydrogen-bond acceptors (Lipinski definition) is 6. The van der Waals surface area contributed by atoms with Gasteiger partial charge in [0.05, 0.1) is 33.8 Å². The van der Waals surface area contributed by atoms with Gasteiger partial charge < -0.3 is 19.4 Å². The van der Waals surface area contributed by atoms with E-state index in [4.69, 9.17) is 13.8 Å². The maximum absolute atomic E-state index is 13.5. The Labute approximate surface area is 485 Å². The lowest BCUT2D eigenvalue weighted by molar-refractivity contribution is -0.870. The number of phosphoric acid groups is 1. The number of unbranched alkanes of at least 4 members (excludes halogenated alkanes) is 16. The molecule has 0 aromatic rings. The summed E-state index contributed by atoms with van der Waals surface area (Å²) in [6.45, 7) is 6.70. The minimum atomic E-state index is -4.48. The van der Waals surface area contributed by atoms with E-state index in [1.165, 1.54) is 57.8 Å². The molecule has 0 saturated carbocycles. The van der Waals surface area contributed by atoms with Crippen LogP contribution in [0.5, 0.6) is 0 Å². The van der Waals surface area contributed by atoms with Crippen LogP contribution in [0.4, 0.5) is 0 Å². The Morgan fingerprint density at radius 3 is 1.23 bits per heavy atom. The first-order chi connectivity index (χ1) is 38.4. The molecule has 0 fully saturated rings. The van der Waals surface area contributed by atoms with Crippen molar-refractivity contribution in [1.29, 1.82) is 0 Å². The van der Waals surface area contributed by atoms with Gasteiger partial charge in [0.2, 0.25) is 5.91 Å². The predicted octanol–water partition coefficient (Wildman–Crippen LogP) is 19.4. The number of ether oxygens (including phenoxy) is 1. The van der Waals surface area contributed by atoms with E-state index in [1.807, 2.05) is 33.3 Å². The Bertz CT molecular complexity index is 1860. The van der Waals surface area contributed by atoms with Crippen LogP contribution in [0.2, 0.25) is 0 Å². The smallest absolute Gasteiger partial charge is 0.456 e. The number of esters is 1. The van der Waals surface area contributed by atoms with Crippen molar-refractivity contribution in [2.45, 2.75) is 238 Å². The molecule has 0 aromatic heterocycles. The fourth-order valence-corrected chi connectivity index (χ4v) is 8.76. The third kappa shape index (κ3) is 58.4. The normalized spacial score (nSPS) is 14.7. The maximum atomic E-state index is 13.5. The van der Waals surface area contributed by atoms with Gasteiger partial charge in [0.25, 0.3) is 0 Å². The summed E-state index contributed by atoms with van der Waals surface area (Å²) in [5.41, 5.74) is 0. The van der Waals surface area contributed by atoms with Crippen molar-refractivity contribution in [3.63, 3.8) is 0 Å². The minimum absolute atomic E-state index is 0.0173. The number of nitrogens with one attached hydrogen (secondary N) is 1. The molecule has 0 aliphatic heterocycles. The van der Waals surface area contributed by atoms with Gasteiger partial charge in [-0.2, -0.15) is 0 Å². The Kier molecular flexibility index (Phi) is 54.2. The van der Waals surface area contributed by atoms with Crippen molar-refractivity contribution in [1.82, 2.24) is 5.32 Å². The lowest BCUT2D eigenvalue weighted by Crippen LogP contribution is -2.47. The second kappa shape index (κ2) is 57.1. The molecular weight excluding hydrogens is 1000 g/mol. The largest absolute Gasteiger partial charge is 0.472 e. The Morgan fingerprint density at radius 2 is 0.810 bits per heavy atom. The van der Waals surface area contributed by atoms with Crippen molar-refractivity contribution >= 4 is 19.7 Å². The number of likely N-dealkylation sites (N-methyl/N-ethyl adjacent to an activating group) is 1. The highest BCUT2D eigenvalue weighted by atomic mass is 31.2. The van der Waals surface area contributed by atoms with E-state index in [0.717, 1.165) is 122 Å². The first-order valence-electron chi connectivity index (χ1n) is 31.2. The first-order valence-corrected chi connectivity index (χ1v) is 32.7. The van der Waals surface area contributed by atoms with E-state index in [-0.39, 0.29) is 37.9 Å². The lowest BCUT2D eigenvalue weighted by atomic mass is 10.0. The second-order valence-electron chi connectivity index (χ2n) is 21.5. The molecule has 0 radical (unpaired) electrons. The van der Waals surface area contributed by atoms with Gasteiger partial charge in [0, 0.05) is 12.8 Å². The molecule has 0 bridgehead atoms. The molecule has 0 heterocycles. The summed E-state index contributed by atoms with van der Waals surface area (Å²) in [5.74, 6) is -0.605. The number of amides is 1. The molecule has 10 heteroatoms. The van der Waals surface area contributed by atoms with Crippen molar-refractivity contribution < 1.29 is 37.3 Å². The fourth-order valence-electron chi connectivity index (χ4n) is 8.03. The van der Waals surface area contributed by atoms with Crippen LogP contribution in [0.15, 0.2) is 146 Å². The van der Waals surface area contributed by atoms with Crippen molar-refractivity contribution in [2.75, 3.05) is 40.9 Å². The molecule has 0 saturated heterocycles. The number of rotatable bonds is 54. The van der Waals surface area contributed by atoms with E-state index >= 15 is 0 Å². The van der Waals surface area contributed by atoms with Crippen molar-refractivity contribution in [2.24, 2.45) is 0 Å². The van der Waals surface area contributed by atoms with Crippen LogP contribution in [0.3, 0.4) is 0 Å². The summed E-state index contributed by atoms with van der Waals surface area (Å²) in [4.78, 5) is 37.7. The highest BCUT2D eigenvalue weighted by molar-refractivity contribution is 7.47. The molecule has 0 aliphatic rings. The zero-order chi connectivity index (χ0) is 57.9. The Balaban J connectivity index is 5.45. The van der Waals surface area contributed by atoms with Gasteiger partial charge in [0.1, 0.15) is 19.3 Å². The summed E-state index contributed by atoms with van der Waals surface area (Å²) in [5, 5.41) is 3.02. The van der Waals surface area contributed by atoms with E-state index in [0.29, 0.717) is 23.9 Å². The molecular formula is C69H116N2O7P+. The minimum Gasteiger partial charge on any atom is -0.456 e. The number of quaternary nitrogens is 1. The van der Waals surface area contributed by atoms with Crippen LogP contribution in [-0.2, 0) is 27.9 Å². The SMILES string of the molecule is CC/C=C\C/C=C\C/C=C\C/C=C\C/C=C\C/C=C\CCCCC(=O)NC(COP(=O)(O)OCC[N+](C)(C)C)C(/C=C/CCCCCCCCCCCCC)OC(=O)CCCCC/C=C\C/C=C\C/C=C\C/C=C\C/C=C\CC. The van der Waals surface area contributed by atoms with E-state index in [1.54, 1.807) is 0 Å². The topological polar surface area (TPSA) is 111 Å². The lowest BCUT2D eigenvalue weighted by Gasteiger charge is -2.27. The maximum Gasteiger partial charge on any atom is 0.472 e. The third-order valence-electron chi connectivity index (χ3n) is 12.8. The average Bonchev–Trinajstić information content (AvgIpc) is 3.41. The van der Waals surface area contributed by atoms with Crippen molar-refractivity contribution in [3.8, 4) is 0 Å². The molecule has 0 aliphatic carbocycles. The van der Waals surface area contributed by atoms with Gasteiger partial charge in [0.15, 0.2) is 0 Å². The molecule has 3 unspecified atom stereocenters. The van der Waals surface area contributed by atoms with E-state index in [9.17, 15) is 19.0 Å². The molecule has 79 heavy (non-hydrogen) atoms. The number of phosphoric ester groups is 1. The molecule has 448 valence electrons. The van der Waals surface area contributed by atoms with Crippen molar-refractivity contribution in [3.05, 3.63) is 146 Å². The summed E-state index contributed by atoms with van der Waals surface area (Å²) in [6, 6.07) is -0.897. The second-order valence-corrected chi connectivity index (χ2v) is 22.9.